The summed E-state index contributed by atoms with van der Waals surface area (Å²) in [5.74, 6) is -0.502. The van der Waals surface area contributed by atoms with Crippen molar-refractivity contribution in [1.82, 2.24) is 10.6 Å². The number of aryl methyl sites for hydroxylation is 1. The van der Waals surface area contributed by atoms with Gasteiger partial charge in [0.05, 0.1) is 0 Å². The van der Waals surface area contributed by atoms with Gasteiger partial charge in [0.2, 0.25) is 0 Å². The average Bonchev–Trinajstić information content (AvgIpc) is 2.71. The molecule has 5 heteroatoms. The molecule has 2 rings (SSSR count). The average molecular weight is 250 g/mol. The van der Waals surface area contributed by atoms with Crippen LogP contribution in [0.15, 0.2) is 24.3 Å². The minimum absolute atomic E-state index is 0.502. The third-order valence-electron chi connectivity index (χ3n) is 2.54. The van der Waals surface area contributed by atoms with E-state index in [1.807, 2.05) is 32.9 Å². The van der Waals surface area contributed by atoms with Crippen LogP contribution in [0.1, 0.15) is 31.1 Å². The number of rotatable bonds is 2. The van der Waals surface area contributed by atoms with Crippen LogP contribution in [0.5, 0.6) is 0 Å². The lowest BCUT2D eigenvalue weighted by molar-refractivity contribution is -0.122. The van der Waals surface area contributed by atoms with Crippen LogP contribution in [0.25, 0.3) is 0 Å². The Labute approximate surface area is 106 Å². The molecule has 3 amide bonds. The van der Waals surface area contributed by atoms with Crippen molar-refractivity contribution in [2.75, 3.05) is 0 Å². The van der Waals surface area contributed by atoms with E-state index in [0.717, 1.165) is 5.56 Å². The van der Waals surface area contributed by atoms with Crippen LogP contribution in [0.2, 0.25) is 0 Å². The van der Waals surface area contributed by atoms with Gasteiger partial charge in [-0.2, -0.15) is 0 Å². The van der Waals surface area contributed by atoms with Crippen LogP contribution < -0.4 is 10.6 Å². The zero-order valence-corrected chi connectivity index (χ0v) is 10.7. The minimum atomic E-state index is -1.02. The number of imide groups is 1. The lowest BCUT2D eigenvalue weighted by atomic mass is 10.0. The van der Waals surface area contributed by atoms with Crippen molar-refractivity contribution in [3.8, 4) is 0 Å². The standard InChI is InChI=1S/C11H12N2O3.C2H6/c1-6-2-4-7(5-3-6)9(14)8-10(15)13-11(16)12-8;1-2/h2-5,8-9,14H,1H3,(H2,12,13,15,16);1-2H3. The van der Waals surface area contributed by atoms with E-state index in [9.17, 15) is 14.7 Å². The molecule has 0 aliphatic carbocycles. The first-order chi connectivity index (χ1) is 8.58. The first-order valence-corrected chi connectivity index (χ1v) is 5.94. The fraction of sp³-hybridized carbons (Fsp3) is 0.385. The molecule has 1 aromatic rings. The molecule has 0 saturated carbocycles. The first kappa shape index (κ1) is 14.2. The summed E-state index contributed by atoms with van der Waals surface area (Å²) in [6.45, 7) is 5.93. The van der Waals surface area contributed by atoms with Gasteiger partial charge in [0.15, 0.2) is 0 Å². The molecule has 3 N–H and O–H groups in total. The third kappa shape index (κ3) is 3.07. The number of benzene rings is 1. The Morgan fingerprint density at radius 3 is 2.17 bits per heavy atom. The monoisotopic (exact) mass is 250 g/mol. The summed E-state index contributed by atoms with van der Waals surface area (Å²) in [6.07, 6.45) is -1.02. The molecular formula is C13H18N2O3. The summed E-state index contributed by atoms with van der Waals surface area (Å²) in [4.78, 5) is 22.2. The molecule has 1 aromatic carbocycles. The van der Waals surface area contributed by atoms with Crippen LogP contribution in [0.3, 0.4) is 0 Å². The van der Waals surface area contributed by atoms with E-state index in [1.54, 1.807) is 12.1 Å². The van der Waals surface area contributed by atoms with Crippen molar-refractivity contribution in [1.29, 1.82) is 0 Å². The van der Waals surface area contributed by atoms with Gasteiger partial charge >= 0.3 is 6.03 Å². The Morgan fingerprint density at radius 1 is 1.17 bits per heavy atom. The van der Waals surface area contributed by atoms with E-state index < -0.39 is 24.1 Å². The van der Waals surface area contributed by atoms with Gasteiger partial charge in [-0.15, -0.1) is 0 Å². The largest absolute Gasteiger partial charge is 0.386 e. The van der Waals surface area contributed by atoms with Gasteiger partial charge in [-0.3, -0.25) is 10.1 Å². The van der Waals surface area contributed by atoms with Gasteiger partial charge in [-0.25, -0.2) is 4.79 Å². The second kappa shape index (κ2) is 6.16. The lowest BCUT2D eigenvalue weighted by Crippen LogP contribution is -2.35. The number of carbonyl (C=O) groups is 2. The van der Waals surface area contributed by atoms with Gasteiger partial charge in [-0.1, -0.05) is 43.7 Å². The van der Waals surface area contributed by atoms with E-state index in [4.69, 9.17) is 0 Å². The van der Waals surface area contributed by atoms with Gasteiger partial charge in [0.25, 0.3) is 5.91 Å². The van der Waals surface area contributed by atoms with Crippen molar-refractivity contribution >= 4 is 11.9 Å². The molecule has 18 heavy (non-hydrogen) atoms. The zero-order chi connectivity index (χ0) is 13.7. The predicted molar refractivity (Wildman–Crippen MR) is 67.9 cm³/mol. The Kier molecular flexibility index (Phi) is 4.85. The maximum absolute atomic E-state index is 11.3. The normalized spacial score (nSPS) is 19.4. The van der Waals surface area contributed by atoms with Gasteiger partial charge in [0.1, 0.15) is 12.1 Å². The smallest absolute Gasteiger partial charge is 0.322 e. The number of nitrogens with one attached hydrogen (secondary N) is 2. The number of hydrogen-bond acceptors (Lipinski definition) is 3. The van der Waals surface area contributed by atoms with Crippen LogP contribution in [-0.2, 0) is 4.79 Å². The van der Waals surface area contributed by atoms with Gasteiger partial charge in [0, 0.05) is 0 Å². The van der Waals surface area contributed by atoms with E-state index in [2.05, 4.69) is 10.6 Å². The highest BCUT2D eigenvalue weighted by Crippen LogP contribution is 2.19. The molecule has 5 nitrogen and oxygen atoms in total. The van der Waals surface area contributed by atoms with Crippen molar-refractivity contribution in [3.05, 3.63) is 35.4 Å². The van der Waals surface area contributed by atoms with Crippen LogP contribution >= 0.6 is 0 Å². The molecule has 2 unspecified atom stereocenters. The topological polar surface area (TPSA) is 78.4 Å². The summed E-state index contributed by atoms with van der Waals surface area (Å²) in [5, 5.41) is 14.4. The second-order valence-corrected chi connectivity index (χ2v) is 3.80. The van der Waals surface area contributed by atoms with E-state index in [-0.39, 0.29) is 0 Å². The molecule has 0 aromatic heterocycles. The maximum Gasteiger partial charge on any atom is 0.322 e. The molecule has 2 atom stereocenters. The summed E-state index contributed by atoms with van der Waals surface area (Å²) in [5.41, 5.74) is 1.67. The van der Waals surface area contributed by atoms with E-state index in [0.29, 0.717) is 5.56 Å². The molecule has 1 fully saturated rings. The minimum Gasteiger partial charge on any atom is -0.386 e. The molecule has 1 heterocycles. The second-order valence-electron chi connectivity index (χ2n) is 3.80. The summed E-state index contributed by atoms with van der Waals surface area (Å²) in [6, 6.07) is 5.67. The first-order valence-electron chi connectivity index (χ1n) is 5.94. The fourth-order valence-corrected chi connectivity index (χ4v) is 1.61. The Balaban J connectivity index is 0.000000771. The van der Waals surface area contributed by atoms with Crippen molar-refractivity contribution in [3.63, 3.8) is 0 Å². The maximum atomic E-state index is 11.3. The highest BCUT2D eigenvalue weighted by molar-refractivity contribution is 6.04. The number of aliphatic hydroxyl groups is 1. The van der Waals surface area contributed by atoms with Gasteiger partial charge < -0.3 is 10.4 Å². The summed E-state index contributed by atoms with van der Waals surface area (Å²) < 4.78 is 0. The highest BCUT2D eigenvalue weighted by Gasteiger charge is 2.35. The van der Waals surface area contributed by atoms with Crippen molar-refractivity contribution in [2.24, 2.45) is 0 Å². The van der Waals surface area contributed by atoms with Crippen LogP contribution in [-0.4, -0.2) is 23.1 Å². The fourth-order valence-electron chi connectivity index (χ4n) is 1.61. The third-order valence-corrected chi connectivity index (χ3v) is 2.54. The SMILES string of the molecule is CC.Cc1ccc(C(O)C2NC(=O)NC2=O)cc1. The molecule has 0 radical (unpaired) electrons. The Morgan fingerprint density at radius 2 is 1.72 bits per heavy atom. The Hall–Kier alpha value is -1.88. The van der Waals surface area contributed by atoms with Crippen LogP contribution in [0, 0.1) is 6.92 Å². The quantitative estimate of drug-likeness (QED) is 0.691. The molecule has 1 aliphatic rings. The summed E-state index contributed by atoms with van der Waals surface area (Å²) >= 11 is 0. The highest BCUT2D eigenvalue weighted by atomic mass is 16.3. The zero-order valence-electron chi connectivity index (χ0n) is 10.7. The molecular weight excluding hydrogens is 232 g/mol. The van der Waals surface area contributed by atoms with E-state index in [1.165, 1.54) is 0 Å². The number of urea groups is 1. The molecule has 1 saturated heterocycles. The van der Waals surface area contributed by atoms with Crippen molar-refractivity contribution in [2.45, 2.75) is 32.9 Å². The van der Waals surface area contributed by atoms with Gasteiger partial charge in [-0.05, 0) is 12.5 Å². The summed E-state index contributed by atoms with van der Waals surface area (Å²) in [7, 11) is 0. The molecule has 0 bridgehead atoms. The number of hydrogen-bond donors (Lipinski definition) is 3. The van der Waals surface area contributed by atoms with E-state index >= 15 is 0 Å². The molecule has 1 aliphatic heterocycles. The molecule has 0 spiro atoms. The number of amides is 3. The number of aliphatic hydroxyl groups excluding tert-OH is 1. The van der Waals surface area contributed by atoms with Crippen molar-refractivity contribution < 1.29 is 14.7 Å². The Bertz CT molecular complexity index is 428. The lowest BCUT2D eigenvalue weighted by Gasteiger charge is -2.15. The number of carbonyl (C=O) groups excluding carboxylic acids is 2. The molecule has 98 valence electrons. The van der Waals surface area contributed by atoms with Crippen LogP contribution in [0.4, 0.5) is 4.79 Å². The predicted octanol–water partition coefficient (Wildman–Crippen LogP) is 1.26.